The SMILES string of the molecule is CCOC(=O)[C@H]1C[C@H](C)C(SCC)=N1. The van der Waals surface area contributed by atoms with Gasteiger partial charge >= 0.3 is 5.97 Å². The van der Waals surface area contributed by atoms with Crippen LogP contribution in [0.2, 0.25) is 0 Å². The van der Waals surface area contributed by atoms with Gasteiger partial charge in [0.1, 0.15) is 6.04 Å². The molecule has 0 fully saturated rings. The molecular weight excluding hydrogens is 198 g/mol. The first-order valence-corrected chi connectivity index (χ1v) is 6.04. The van der Waals surface area contributed by atoms with Gasteiger partial charge in [-0.3, -0.25) is 4.99 Å². The van der Waals surface area contributed by atoms with Crippen LogP contribution in [0.25, 0.3) is 0 Å². The number of nitrogens with zero attached hydrogens (tertiary/aromatic N) is 1. The summed E-state index contributed by atoms with van der Waals surface area (Å²) in [5, 5.41) is 1.10. The van der Waals surface area contributed by atoms with Crippen LogP contribution in [0, 0.1) is 5.92 Å². The van der Waals surface area contributed by atoms with Crippen LogP contribution >= 0.6 is 11.8 Å². The van der Waals surface area contributed by atoms with Gasteiger partial charge in [-0.2, -0.15) is 0 Å². The third kappa shape index (κ3) is 2.74. The van der Waals surface area contributed by atoms with Gasteiger partial charge in [-0.25, -0.2) is 4.79 Å². The van der Waals surface area contributed by atoms with Crippen molar-refractivity contribution in [2.24, 2.45) is 10.9 Å². The maximum Gasteiger partial charge on any atom is 0.330 e. The maximum absolute atomic E-state index is 11.4. The number of carbonyl (C=O) groups is 1. The second kappa shape index (κ2) is 5.39. The first-order chi connectivity index (χ1) is 6.69. The minimum absolute atomic E-state index is 0.175. The molecule has 0 aromatic heterocycles. The number of hydrogen-bond acceptors (Lipinski definition) is 4. The fourth-order valence-corrected chi connectivity index (χ4v) is 2.36. The summed E-state index contributed by atoms with van der Waals surface area (Å²) in [5.74, 6) is 1.25. The number of esters is 1. The quantitative estimate of drug-likeness (QED) is 0.677. The van der Waals surface area contributed by atoms with E-state index < -0.39 is 0 Å². The number of thioether (sulfide) groups is 1. The minimum Gasteiger partial charge on any atom is -0.464 e. The molecule has 0 N–H and O–H groups in total. The molecular formula is C10H17NO2S. The maximum atomic E-state index is 11.4. The van der Waals surface area contributed by atoms with Gasteiger partial charge in [-0.1, -0.05) is 13.8 Å². The van der Waals surface area contributed by atoms with Crippen molar-refractivity contribution in [2.45, 2.75) is 33.2 Å². The minimum atomic E-state index is -0.251. The molecule has 0 aromatic rings. The van der Waals surface area contributed by atoms with E-state index in [-0.39, 0.29) is 12.0 Å². The monoisotopic (exact) mass is 215 g/mol. The average Bonchev–Trinajstić information content (AvgIpc) is 2.49. The zero-order chi connectivity index (χ0) is 10.6. The Morgan fingerprint density at radius 2 is 2.36 bits per heavy atom. The lowest BCUT2D eigenvalue weighted by Gasteiger charge is -2.06. The molecule has 0 radical (unpaired) electrons. The number of ether oxygens (including phenoxy) is 1. The van der Waals surface area contributed by atoms with Crippen LogP contribution in [0.15, 0.2) is 4.99 Å². The summed E-state index contributed by atoms with van der Waals surface area (Å²) >= 11 is 1.73. The molecule has 80 valence electrons. The average molecular weight is 215 g/mol. The van der Waals surface area contributed by atoms with Crippen LogP contribution in [0.5, 0.6) is 0 Å². The fourth-order valence-electron chi connectivity index (χ4n) is 1.48. The predicted octanol–water partition coefficient (Wildman–Crippen LogP) is 2.11. The van der Waals surface area contributed by atoms with Gasteiger partial charge in [-0.15, -0.1) is 11.8 Å². The summed E-state index contributed by atoms with van der Waals surface area (Å²) in [4.78, 5) is 15.8. The Hall–Kier alpha value is -0.510. The van der Waals surface area contributed by atoms with Crippen molar-refractivity contribution in [1.29, 1.82) is 0 Å². The van der Waals surface area contributed by atoms with Crippen LogP contribution in [-0.2, 0) is 9.53 Å². The van der Waals surface area contributed by atoms with Crippen molar-refractivity contribution >= 4 is 22.8 Å². The summed E-state index contributed by atoms with van der Waals surface area (Å²) in [7, 11) is 0. The molecule has 0 spiro atoms. The fraction of sp³-hybridized carbons (Fsp3) is 0.800. The van der Waals surface area contributed by atoms with E-state index in [1.165, 1.54) is 0 Å². The highest BCUT2D eigenvalue weighted by Gasteiger charge is 2.30. The molecule has 0 unspecified atom stereocenters. The predicted molar refractivity (Wildman–Crippen MR) is 59.8 cm³/mol. The molecule has 0 saturated heterocycles. The molecule has 2 atom stereocenters. The van der Waals surface area contributed by atoms with Crippen molar-refractivity contribution in [3.63, 3.8) is 0 Å². The third-order valence-electron chi connectivity index (χ3n) is 2.13. The van der Waals surface area contributed by atoms with Crippen LogP contribution in [0.3, 0.4) is 0 Å². The molecule has 0 amide bonds. The van der Waals surface area contributed by atoms with E-state index in [0.717, 1.165) is 17.2 Å². The molecule has 0 aliphatic carbocycles. The van der Waals surface area contributed by atoms with E-state index in [1.807, 2.05) is 6.92 Å². The van der Waals surface area contributed by atoms with Gasteiger partial charge in [0.2, 0.25) is 0 Å². The Balaban J connectivity index is 2.55. The molecule has 0 bridgehead atoms. The van der Waals surface area contributed by atoms with Crippen molar-refractivity contribution in [3.05, 3.63) is 0 Å². The molecule has 1 aliphatic heterocycles. The molecule has 0 aromatic carbocycles. The largest absolute Gasteiger partial charge is 0.464 e. The van der Waals surface area contributed by atoms with E-state index in [4.69, 9.17) is 4.74 Å². The van der Waals surface area contributed by atoms with Gasteiger partial charge in [0.05, 0.1) is 11.7 Å². The van der Waals surface area contributed by atoms with Gasteiger partial charge in [-0.05, 0) is 19.1 Å². The summed E-state index contributed by atoms with van der Waals surface area (Å²) in [6.45, 7) is 6.47. The van der Waals surface area contributed by atoms with Crippen LogP contribution in [0.1, 0.15) is 27.2 Å². The molecule has 0 saturated carbocycles. The molecule has 1 heterocycles. The first kappa shape index (κ1) is 11.6. The Labute approximate surface area is 89.3 Å². The van der Waals surface area contributed by atoms with Crippen LogP contribution in [-0.4, -0.2) is 29.4 Å². The summed E-state index contributed by atoms with van der Waals surface area (Å²) < 4.78 is 4.95. The highest BCUT2D eigenvalue weighted by atomic mass is 32.2. The van der Waals surface area contributed by atoms with Crippen LogP contribution in [0.4, 0.5) is 0 Å². The Morgan fingerprint density at radius 3 is 2.93 bits per heavy atom. The first-order valence-electron chi connectivity index (χ1n) is 5.06. The molecule has 1 rings (SSSR count). The molecule has 1 aliphatic rings. The lowest BCUT2D eigenvalue weighted by Crippen LogP contribution is -2.19. The number of aliphatic imine (C=N–C) groups is 1. The summed E-state index contributed by atoms with van der Waals surface area (Å²) in [6, 6.07) is -0.251. The highest BCUT2D eigenvalue weighted by molar-refractivity contribution is 8.13. The number of rotatable bonds is 3. The smallest absolute Gasteiger partial charge is 0.330 e. The van der Waals surface area contributed by atoms with Crippen molar-refractivity contribution in [1.82, 2.24) is 0 Å². The van der Waals surface area contributed by atoms with Crippen molar-refractivity contribution in [2.75, 3.05) is 12.4 Å². The zero-order valence-electron chi connectivity index (χ0n) is 8.95. The van der Waals surface area contributed by atoms with Gasteiger partial charge in [0.15, 0.2) is 0 Å². The summed E-state index contributed by atoms with van der Waals surface area (Å²) in [6.07, 6.45) is 0.807. The van der Waals surface area contributed by atoms with Gasteiger partial charge in [0, 0.05) is 5.92 Å². The molecule has 4 heteroatoms. The van der Waals surface area contributed by atoms with Gasteiger partial charge < -0.3 is 4.74 Å². The van der Waals surface area contributed by atoms with Crippen LogP contribution < -0.4 is 0 Å². The molecule has 3 nitrogen and oxygen atoms in total. The molecule has 14 heavy (non-hydrogen) atoms. The zero-order valence-corrected chi connectivity index (χ0v) is 9.76. The highest BCUT2D eigenvalue weighted by Crippen LogP contribution is 2.27. The van der Waals surface area contributed by atoms with E-state index in [2.05, 4.69) is 18.8 Å². The van der Waals surface area contributed by atoms with E-state index >= 15 is 0 Å². The van der Waals surface area contributed by atoms with E-state index in [9.17, 15) is 4.79 Å². The lowest BCUT2D eigenvalue weighted by atomic mass is 10.1. The second-order valence-electron chi connectivity index (χ2n) is 3.30. The normalized spacial score (nSPS) is 26.1. The third-order valence-corrected chi connectivity index (χ3v) is 3.22. The number of hydrogen-bond donors (Lipinski definition) is 0. The van der Waals surface area contributed by atoms with Crippen molar-refractivity contribution in [3.8, 4) is 0 Å². The Kier molecular flexibility index (Phi) is 4.45. The summed E-state index contributed by atoms with van der Waals surface area (Å²) in [5.41, 5.74) is 0. The standard InChI is InChI=1S/C10H17NO2S/c1-4-13-10(12)8-6-7(3)9(11-8)14-5-2/h7-8H,4-6H2,1-3H3/t7-,8+/m0/s1. The van der Waals surface area contributed by atoms with Gasteiger partial charge in [0.25, 0.3) is 0 Å². The Bertz CT molecular complexity index is 240. The van der Waals surface area contributed by atoms with E-state index in [0.29, 0.717) is 12.5 Å². The Morgan fingerprint density at radius 1 is 1.64 bits per heavy atom. The van der Waals surface area contributed by atoms with E-state index in [1.54, 1.807) is 11.8 Å². The topological polar surface area (TPSA) is 38.7 Å². The second-order valence-corrected chi connectivity index (χ2v) is 4.59. The van der Waals surface area contributed by atoms with Crippen molar-refractivity contribution < 1.29 is 9.53 Å². The lowest BCUT2D eigenvalue weighted by molar-refractivity contribution is -0.144. The number of carbonyl (C=O) groups excluding carboxylic acids is 1.